The van der Waals surface area contributed by atoms with Crippen LogP contribution >= 0.6 is 11.3 Å². The lowest BCUT2D eigenvalue weighted by atomic mass is 10.1. The van der Waals surface area contributed by atoms with Gasteiger partial charge in [-0.25, -0.2) is 13.4 Å². The normalized spacial score (nSPS) is 12.3. The molecule has 0 bridgehead atoms. The fraction of sp³-hybridized carbons (Fsp3) is 0.316. The minimum Gasteiger partial charge on any atom is -0.369 e. The fourth-order valence-corrected chi connectivity index (χ4v) is 5.00. The molecule has 0 atom stereocenters. The summed E-state index contributed by atoms with van der Waals surface area (Å²) in [5, 5.41) is 13.2. The van der Waals surface area contributed by atoms with E-state index in [4.69, 9.17) is 0 Å². The smallest absolute Gasteiger partial charge is 0.229 e. The molecule has 4 rings (SSSR count). The van der Waals surface area contributed by atoms with Crippen LogP contribution in [0, 0.1) is 12.8 Å². The standard InChI is InChI=1S/C19H21N5O2S2/c1-12(2)8-10-20-17-16-15(9-11-27-16)24-18(21-17)19(22-23-24)28(25,26)14-6-4-13(3)5-7-14/h4-7,9,11-12H,8,10H2,1-3H3,(H,20,21). The second kappa shape index (κ2) is 7.14. The first-order valence-electron chi connectivity index (χ1n) is 9.06. The van der Waals surface area contributed by atoms with Crippen LogP contribution in [0.3, 0.4) is 0 Å². The number of rotatable bonds is 6. The molecule has 0 fully saturated rings. The third-order valence-electron chi connectivity index (χ3n) is 4.52. The Bertz CT molecular complexity index is 1240. The highest BCUT2D eigenvalue weighted by Crippen LogP contribution is 2.31. The highest BCUT2D eigenvalue weighted by molar-refractivity contribution is 7.91. The average molecular weight is 416 g/mol. The zero-order valence-corrected chi connectivity index (χ0v) is 17.5. The number of fused-ring (bicyclic) bond motifs is 3. The molecule has 9 heteroatoms. The molecule has 0 aliphatic rings. The number of benzene rings is 1. The largest absolute Gasteiger partial charge is 0.369 e. The first-order valence-corrected chi connectivity index (χ1v) is 11.4. The number of aryl methyl sites for hydroxylation is 1. The molecule has 0 spiro atoms. The quantitative estimate of drug-likeness (QED) is 0.513. The van der Waals surface area contributed by atoms with Gasteiger partial charge in [0.25, 0.3) is 0 Å². The molecule has 7 nitrogen and oxygen atoms in total. The second-order valence-corrected chi connectivity index (χ2v) is 9.93. The Morgan fingerprint density at radius 1 is 1.18 bits per heavy atom. The Morgan fingerprint density at radius 2 is 1.93 bits per heavy atom. The predicted molar refractivity (Wildman–Crippen MR) is 111 cm³/mol. The van der Waals surface area contributed by atoms with Gasteiger partial charge in [-0.1, -0.05) is 36.8 Å². The summed E-state index contributed by atoms with van der Waals surface area (Å²) in [5.41, 5.74) is 2.01. The third kappa shape index (κ3) is 3.24. The summed E-state index contributed by atoms with van der Waals surface area (Å²) in [7, 11) is -3.82. The molecule has 0 aliphatic heterocycles. The van der Waals surface area contributed by atoms with Gasteiger partial charge in [-0.15, -0.1) is 16.4 Å². The van der Waals surface area contributed by atoms with E-state index in [9.17, 15) is 8.42 Å². The number of anilines is 1. The van der Waals surface area contributed by atoms with Crippen LogP contribution in [0.15, 0.2) is 45.6 Å². The van der Waals surface area contributed by atoms with Gasteiger partial charge in [-0.05, 0) is 42.8 Å². The lowest BCUT2D eigenvalue weighted by Crippen LogP contribution is -2.08. The number of thiophene rings is 1. The average Bonchev–Trinajstić information content (AvgIpc) is 3.28. The fourth-order valence-electron chi connectivity index (χ4n) is 2.93. The number of sulfone groups is 1. The summed E-state index contributed by atoms with van der Waals surface area (Å²) in [5.74, 6) is 1.23. The van der Waals surface area contributed by atoms with Gasteiger partial charge in [0.15, 0.2) is 5.65 Å². The summed E-state index contributed by atoms with van der Waals surface area (Å²) in [6.45, 7) is 6.99. The van der Waals surface area contributed by atoms with Gasteiger partial charge in [0.05, 0.1) is 15.1 Å². The molecule has 0 radical (unpaired) electrons. The van der Waals surface area contributed by atoms with Crippen molar-refractivity contribution < 1.29 is 8.42 Å². The maximum absolute atomic E-state index is 13.1. The van der Waals surface area contributed by atoms with E-state index in [1.54, 1.807) is 24.3 Å². The van der Waals surface area contributed by atoms with Crippen molar-refractivity contribution >= 4 is 42.9 Å². The molecule has 0 saturated carbocycles. The van der Waals surface area contributed by atoms with Gasteiger partial charge < -0.3 is 5.32 Å². The highest BCUT2D eigenvalue weighted by Gasteiger charge is 2.27. The minimum absolute atomic E-state index is 0.128. The van der Waals surface area contributed by atoms with E-state index in [1.807, 2.05) is 18.4 Å². The molecule has 1 aromatic carbocycles. The Hall–Kier alpha value is -2.52. The van der Waals surface area contributed by atoms with Crippen molar-refractivity contribution in [3.8, 4) is 0 Å². The molecule has 146 valence electrons. The molecule has 28 heavy (non-hydrogen) atoms. The van der Waals surface area contributed by atoms with Gasteiger partial charge in [0.1, 0.15) is 5.82 Å². The van der Waals surface area contributed by atoms with Gasteiger partial charge in [0.2, 0.25) is 14.9 Å². The van der Waals surface area contributed by atoms with Crippen LogP contribution in [-0.4, -0.2) is 34.8 Å². The van der Waals surface area contributed by atoms with Crippen LogP contribution in [0.5, 0.6) is 0 Å². The molecular formula is C19H21N5O2S2. The number of aromatic nitrogens is 4. The lowest BCUT2D eigenvalue weighted by Gasteiger charge is -2.09. The summed E-state index contributed by atoms with van der Waals surface area (Å²) >= 11 is 1.54. The predicted octanol–water partition coefficient (Wildman–Crippen LogP) is 3.94. The molecular weight excluding hydrogens is 394 g/mol. The van der Waals surface area contributed by atoms with Crippen molar-refractivity contribution in [2.24, 2.45) is 5.92 Å². The second-order valence-electron chi connectivity index (χ2n) is 7.15. The maximum Gasteiger partial charge on any atom is 0.229 e. The van der Waals surface area contributed by atoms with E-state index in [1.165, 1.54) is 15.9 Å². The Kier molecular flexibility index (Phi) is 4.80. The zero-order valence-electron chi connectivity index (χ0n) is 15.9. The van der Waals surface area contributed by atoms with Crippen LogP contribution in [0.1, 0.15) is 25.8 Å². The molecule has 1 N–H and O–H groups in total. The van der Waals surface area contributed by atoms with Crippen LogP contribution < -0.4 is 5.32 Å². The molecule has 3 aromatic heterocycles. The third-order valence-corrected chi connectivity index (χ3v) is 7.10. The lowest BCUT2D eigenvalue weighted by molar-refractivity contribution is 0.592. The van der Waals surface area contributed by atoms with E-state index in [-0.39, 0.29) is 15.6 Å². The molecule has 0 aliphatic carbocycles. The van der Waals surface area contributed by atoms with E-state index < -0.39 is 9.84 Å². The van der Waals surface area contributed by atoms with E-state index in [2.05, 4.69) is 34.5 Å². The van der Waals surface area contributed by atoms with Crippen LogP contribution in [-0.2, 0) is 9.84 Å². The van der Waals surface area contributed by atoms with Gasteiger partial charge >= 0.3 is 0 Å². The van der Waals surface area contributed by atoms with Crippen LogP contribution in [0.4, 0.5) is 5.82 Å². The first kappa shape index (κ1) is 18.8. The van der Waals surface area contributed by atoms with Crippen molar-refractivity contribution in [2.75, 3.05) is 11.9 Å². The SMILES string of the molecule is Cc1ccc(S(=O)(=O)c2nnn3c2nc(NCCC(C)C)c2sccc23)cc1. The highest BCUT2D eigenvalue weighted by atomic mass is 32.2. The molecule has 0 amide bonds. The number of nitrogens with zero attached hydrogens (tertiary/aromatic N) is 4. The zero-order chi connectivity index (χ0) is 19.9. The van der Waals surface area contributed by atoms with Crippen molar-refractivity contribution in [3.63, 3.8) is 0 Å². The molecule has 0 unspecified atom stereocenters. The van der Waals surface area contributed by atoms with E-state index >= 15 is 0 Å². The topological polar surface area (TPSA) is 89.2 Å². The Balaban J connectivity index is 1.85. The van der Waals surface area contributed by atoms with Crippen molar-refractivity contribution in [1.29, 1.82) is 0 Å². The summed E-state index contributed by atoms with van der Waals surface area (Å²) < 4.78 is 28.7. The molecule has 3 heterocycles. The Morgan fingerprint density at radius 3 is 2.64 bits per heavy atom. The van der Waals surface area contributed by atoms with E-state index in [0.29, 0.717) is 11.7 Å². The van der Waals surface area contributed by atoms with Crippen LogP contribution in [0.2, 0.25) is 0 Å². The van der Waals surface area contributed by atoms with Gasteiger partial charge in [-0.2, -0.15) is 4.52 Å². The monoisotopic (exact) mass is 415 g/mol. The summed E-state index contributed by atoms with van der Waals surface area (Å²) in [6.07, 6.45) is 0.992. The summed E-state index contributed by atoms with van der Waals surface area (Å²) in [6, 6.07) is 8.60. The summed E-state index contributed by atoms with van der Waals surface area (Å²) in [4.78, 5) is 4.78. The molecule has 0 saturated heterocycles. The number of nitrogens with one attached hydrogen (secondary N) is 1. The first-order chi connectivity index (χ1) is 13.4. The van der Waals surface area contributed by atoms with Crippen molar-refractivity contribution in [3.05, 3.63) is 41.3 Å². The van der Waals surface area contributed by atoms with Crippen molar-refractivity contribution in [1.82, 2.24) is 19.8 Å². The van der Waals surface area contributed by atoms with Gasteiger partial charge in [0, 0.05) is 6.54 Å². The maximum atomic E-state index is 13.1. The Labute approximate surface area is 167 Å². The van der Waals surface area contributed by atoms with Gasteiger partial charge in [-0.3, -0.25) is 0 Å². The van der Waals surface area contributed by atoms with Crippen LogP contribution in [0.25, 0.3) is 15.9 Å². The molecule has 4 aromatic rings. The number of hydrogen-bond acceptors (Lipinski definition) is 7. The number of hydrogen-bond donors (Lipinski definition) is 1. The minimum atomic E-state index is -3.82. The van der Waals surface area contributed by atoms with E-state index in [0.717, 1.165) is 28.7 Å². The van der Waals surface area contributed by atoms with Crippen molar-refractivity contribution in [2.45, 2.75) is 37.1 Å².